The first kappa shape index (κ1) is 19.6. The van der Waals surface area contributed by atoms with Gasteiger partial charge in [-0.15, -0.1) is 0 Å². The van der Waals surface area contributed by atoms with Crippen LogP contribution in [0, 0.1) is 0 Å². The van der Waals surface area contributed by atoms with Gasteiger partial charge in [0.05, 0.1) is 10.7 Å². The fraction of sp³-hybridized carbons (Fsp3) is 0.200. The molecule has 0 spiro atoms. The van der Waals surface area contributed by atoms with E-state index in [0.717, 1.165) is 24.0 Å². The summed E-state index contributed by atoms with van der Waals surface area (Å²) in [7, 11) is 0. The van der Waals surface area contributed by atoms with E-state index in [1.807, 2.05) is 0 Å². The van der Waals surface area contributed by atoms with Crippen LogP contribution in [0.5, 0.6) is 0 Å². The predicted octanol–water partition coefficient (Wildman–Crippen LogP) is 4.55. The van der Waals surface area contributed by atoms with E-state index in [-0.39, 0.29) is 5.91 Å². The molecule has 1 aliphatic heterocycles. The third-order valence-corrected chi connectivity index (χ3v) is 5.38. The molecule has 1 aromatic heterocycles. The quantitative estimate of drug-likeness (QED) is 0.578. The van der Waals surface area contributed by atoms with Gasteiger partial charge in [0.2, 0.25) is 17.8 Å². The Bertz CT molecular complexity index is 1080. The Kier molecular flexibility index (Phi) is 5.64. The van der Waals surface area contributed by atoms with Crippen molar-refractivity contribution in [3.05, 3.63) is 63.3 Å². The van der Waals surface area contributed by atoms with Gasteiger partial charge in [-0.05, 0) is 47.9 Å². The summed E-state index contributed by atoms with van der Waals surface area (Å²) in [6, 6.07) is 11.6. The molecule has 29 heavy (non-hydrogen) atoms. The van der Waals surface area contributed by atoms with Gasteiger partial charge in [-0.1, -0.05) is 33.6 Å². The van der Waals surface area contributed by atoms with Crippen molar-refractivity contribution in [1.82, 2.24) is 15.0 Å². The zero-order valence-corrected chi connectivity index (χ0v) is 18.0. The summed E-state index contributed by atoms with van der Waals surface area (Å²) in [5.41, 5.74) is 3.85. The molecule has 9 heteroatoms. The molecule has 148 valence electrons. The standard InChI is InChI=1S/C20H18BrClN6O/c1-12(29)25-18-9-16(4-5-17(18)22)26-19-23-11-24-20(27-19)28-7-6-13-8-15(21)3-2-14(13)10-28/h2-5,8-9,11H,6-7,10H2,1H3,(H,25,29)(H,23,24,26,27). The number of fused-ring (bicyclic) bond motifs is 1. The maximum absolute atomic E-state index is 11.3. The number of carbonyl (C=O) groups excluding carboxylic acids is 1. The molecule has 0 fully saturated rings. The Morgan fingerprint density at radius 1 is 1.17 bits per heavy atom. The maximum Gasteiger partial charge on any atom is 0.232 e. The fourth-order valence-corrected chi connectivity index (χ4v) is 3.78. The van der Waals surface area contributed by atoms with Gasteiger partial charge in [0.15, 0.2) is 0 Å². The van der Waals surface area contributed by atoms with Crippen LogP contribution >= 0.6 is 27.5 Å². The maximum atomic E-state index is 11.3. The molecule has 7 nitrogen and oxygen atoms in total. The molecule has 0 saturated carbocycles. The molecule has 1 aliphatic rings. The second kappa shape index (κ2) is 8.34. The van der Waals surface area contributed by atoms with Crippen molar-refractivity contribution >= 4 is 56.7 Å². The van der Waals surface area contributed by atoms with Crippen LogP contribution in [0.25, 0.3) is 0 Å². The molecule has 2 heterocycles. The van der Waals surface area contributed by atoms with E-state index < -0.39 is 0 Å². The topological polar surface area (TPSA) is 83.0 Å². The van der Waals surface area contributed by atoms with E-state index in [0.29, 0.717) is 28.3 Å². The molecule has 3 aromatic rings. The molecule has 0 bridgehead atoms. The Hall–Kier alpha value is -2.71. The average Bonchev–Trinajstić information content (AvgIpc) is 2.70. The van der Waals surface area contributed by atoms with E-state index in [1.165, 1.54) is 24.4 Å². The molecule has 4 rings (SSSR count). The number of nitrogens with one attached hydrogen (secondary N) is 2. The molecule has 0 saturated heterocycles. The average molecular weight is 474 g/mol. The molecular formula is C20H18BrClN6O. The van der Waals surface area contributed by atoms with Crippen LogP contribution in [-0.2, 0) is 17.8 Å². The van der Waals surface area contributed by atoms with Crippen LogP contribution in [-0.4, -0.2) is 27.4 Å². The van der Waals surface area contributed by atoms with Crippen molar-refractivity contribution in [3.8, 4) is 0 Å². The molecule has 0 aliphatic carbocycles. The smallest absolute Gasteiger partial charge is 0.232 e. The van der Waals surface area contributed by atoms with Gasteiger partial charge in [0.1, 0.15) is 6.33 Å². The number of hydrogen-bond donors (Lipinski definition) is 2. The second-order valence-corrected chi connectivity index (χ2v) is 8.02. The van der Waals surface area contributed by atoms with Gasteiger partial charge in [-0.2, -0.15) is 4.98 Å². The number of anilines is 4. The highest BCUT2D eigenvalue weighted by Crippen LogP contribution is 2.28. The van der Waals surface area contributed by atoms with E-state index in [9.17, 15) is 4.79 Å². The van der Waals surface area contributed by atoms with Gasteiger partial charge in [0.25, 0.3) is 0 Å². The molecule has 2 N–H and O–H groups in total. The van der Waals surface area contributed by atoms with Crippen LogP contribution in [0.4, 0.5) is 23.3 Å². The molecular weight excluding hydrogens is 456 g/mol. The van der Waals surface area contributed by atoms with Gasteiger partial charge in [-0.3, -0.25) is 4.79 Å². The second-order valence-electron chi connectivity index (χ2n) is 6.69. The summed E-state index contributed by atoms with van der Waals surface area (Å²) in [6.07, 6.45) is 2.42. The lowest BCUT2D eigenvalue weighted by atomic mass is 10.0. The third-order valence-electron chi connectivity index (χ3n) is 4.56. The molecule has 0 unspecified atom stereocenters. The van der Waals surface area contributed by atoms with E-state index in [2.05, 4.69) is 64.6 Å². The number of aromatic nitrogens is 3. The Balaban J connectivity index is 1.52. The van der Waals surface area contributed by atoms with Crippen LogP contribution in [0.1, 0.15) is 18.1 Å². The normalized spacial score (nSPS) is 13.0. The highest BCUT2D eigenvalue weighted by atomic mass is 79.9. The van der Waals surface area contributed by atoms with Crippen LogP contribution in [0.3, 0.4) is 0 Å². The Labute approximate surface area is 181 Å². The summed E-state index contributed by atoms with van der Waals surface area (Å²) >= 11 is 9.66. The SMILES string of the molecule is CC(=O)Nc1cc(Nc2ncnc(N3CCc4cc(Br)ccc4C3)n2)ccc1Cl. The minimum Gasteiger partial charge on any atom is -0.336 e. The molecule has 0 radical (unpaired) electrons. The van der Waals surface area contributed by atoms with E-state index in [1.54, 1.807) is 18.2 Å². The fourth-order valence-electron chi connectivity index (χ4n) is 3.21. The lowest BCUT2D eigenvalue weighted by Crippen LogP contribution is -2.32. The first-order valence-corrected chi connectivity index (χ1v) is 10.2. The molecule has 1 amide bonds. The van der Waals surface area contributed by atoms with Crippen molar-refractivity contribution in [2.45, 2.75) is 19.9 Å². The Morgan fingerprint density at radius 3 is 2.86 bits per heavy atom. The summed E-state index contributed by atoms with van der Waals surface area (Å²) in [4.78, 5) is 26.6. The first-order valence-electron chi connectivity index (χ1n) is 9.03. The lowest BCUT2D eigenvalue weighted by molar-refractivity contribution is -0.114. The van der Waals surface area contributed by atoms with Gasteiger partial charge < -0.3 is 15.5 Å². The first-order chi connectivity index (χ1) is 14.0. The highest BCUT2D eigenvalue weighted by molar-refractivity contribution is 9.10. The van der Waals surface area contributed by atoms with Crippen LogP contribution in [0.2, 0.25) is 5.02 Å². The van der Waals surface area contributed by atoms with Crippen molar-refractivity contribution in [2.24, 2.45) is 0 Å². The zero-order chi connectivity index (χ0) is 20.4. The number of benzene rings is 2. The van der Waals surface area contributed by atoms with E-state index >= 15 is 0 Å². The van der Waals surface area contributed by atoms with E-state index in [4.69, 9.17) is 11.6 Å². The molecule has 2 aromatic carbocycles. The van der Waals surface area contributed by atoms with Crippen molar-refractivity contribution in [1.29, 1.82) is 0 Å². The lowest BCUT2D eigenvalue weighted by Gasteiger charge is -2.29. The van der Waals surface area contributed by atoms with Crippen LogP contribution < -0.4 is 15.5 Å². The Morgan fingerprint density at radius 2 is 2.03 bits per heavy atom. The third kappa shape index (κ3) is 4.65. The largest absolute Gasteiger partial charge is 0.336 e. The number of amides is 1. The highest BCUT2D eigenvalue weighted by Gasteiger charge is 2.19. The predicted molar refractivity (Wildman–Crippen MR) is 118 cm³/mol. The van der Waals surface area contributed by atoms with Gasteiger partial charge >= 0.3 is 0 Å². The van der Waals surface area contributed by atoms with Crippen LogP contribution in [0.15, 0.2) is 47.2 Å². The summed E-state index contributed by atoms with van der Waals surface area (Å²) in [5.74, 6) is 0.851. The van der Waals surface area contributed by atoms with Gasteiger partial charge in [-0.25, -0.2) is 9.97 Å². The summed E-state index contributed by atoms with van der Waals surface area (Å²) in [6.45, 7) is 3.02. The minimum atomic E-state index is -0.191. The number of carbonyl (C=O) groups is 1. The number of hydrogen-bond acceptors (Lipinski definition) is 6. The van der Waals surface area contributed by atoms with Crippen molar-refractivity contribution in [3.63, 3.8) is 0 Å². The zero-order valence-electron chi connectivity index (χ0n) is 15.6. The summed E-state index contributed by atoms with van der Waals surface area (Å²) < 4.78 is 1.10. The number of halogens is 2. The number of rotatable bonds is 4. The van der Waals surface area contributed by atoms with Gasteiger partial charge in [0, 0.05) is 30.2 Å². The molecule has 0 atom stereocenters. The van der Waals surface area contributed by atoms with Crippen molar-refractivity contribution < 1.29 is 4.79 Å². The summed E-state index contributed by atoms with van der Waals surface area (Å²) in [5, 5.41) is 6.30. The van der Waals surface area contributed by atoms with Crippen molar-refractivity contribution in [2.75, 3.05) is 22.1 Å². The minimum absolute atomic E-state index is 0.191. The monoisotopic (exact) mass is 472 g/mol. The number of nitrogens with zero attached hydrogens (tertiary/aromatic N) is 4.